The van der Waals surface area contributed by atoms with Crippen LogP contribution in [-0.4, -0.2) is 43.8 Å². The Labute approximate surface area is 137 Å². The van der Waals surface area contributed by atoms with Crippen LogP contribution in [0.2, 0.25) is 0 Å². The maximum Gasteiger partial charge on any atom is 0.258 e. The number of nitrogens with one attached hydrogen (secondary N) is 1. The minimum Gasteiger partial charge on any atom is -0.506 e. The van der Waals surface area contributed by atoms with Gasteiger partial charge in [-0.25, -0.2) is 5.06 Å². The van der Waals surface area contributed by atoms with Gasteiger partial charge in [0.05, 0.1) is 18.7 Å². The van der Waals surface area contributed by atoms with Crippen LogP contribution in [0.5, 0.6) is 0 Å². The molecule has 0 bridgehead atoms. The highest BCUT2D eigenvalue weighted by Crippen LogP contribution is 2.34. The molecule has 2 N–H and O–H groups in total. The van der Waals surface area contributed by atoms with Crippen molar-refractivity contribution in [2.24, 2.45) is 5.92 Å². The lowest BCUT2D eigenvalue weighted by Crippen LogP contribution is -2.28. The normalized spacial score (nSPS) is 14.8. The number of hydrogen-bond donors (Lipinski definition) is 2. The van der Waals surface area contributed by atoms with Crippen molar-refractivity contribution in [2.45, 2.75) is 12.8 Å². The molecule has 1 saturated carbocycles. The summed E-state index contributed by atoms with van der Waals surface area (Å²) >= 11 is 1.32. The van der Waals surface area contributed by atoms with Crippen molar-refractivity contribution in [3.8, 4) is 0 Å². The zero-order valence-corrected chi connectivity index (χ0v) is 13.5. The van der Waals surface area contributed by atoms with Crippen LogP contribution in [0.3, 0.4) is 0 Å². The molecule has 1 aliphatic rings. The highest BCUT2D eigenvalue weighted by atomic mass is 32.1. The average Bonchev–Trinajstić information content (AvgIpc) is 3.24. The Balaban J connectivity index is 2.19. The number of carbonyl (C=O) groups is 3. The van der Waals surface area contributed by atoms with E-state index in [1.807, 2.05) is 0 Å². The number of hydroxylamine groups is 1. The van der Waals surface area contributed by atoms with Gasteiger partial charge in [-0.2, -0.15) is 0 Å². The molecule has 0 saturated heterocycles. The second kappa shape index (κ2) is 7.89. The van der Waals surface area contributed by atoms with E-state index in [1.165, 1.54) is 16.4 Å². The first-order chi connectivity index (χ1) is 11.1. The van der Waals surface area contributed by atoms with Gasteiger partial charge in [0, 0.05) is 7.05 Å². The van der Waals surface area contributed by atoms with E-state index in [-0.39, 0.29) is 12.8 Å². The minimum absolute atomic E-state index is 0.232. The molecule has 1 aliphatic carbocycles. The number of amides is 1. The molecule has 1 fully saturated rings. The second-order valence-electron chi connectivity index (χ2n) is 5.13. The third-order valence-corrected chi connectivity index (χ3v) is 4.32. The molecule has 0 atom stereocenters. The number of aliphatic hydroxyl groups is 1. The third-order valence-electron chi connectivity index (χ3n) is 3.35. The van der Waals surface area contributed by atoms with Crippen molar-refractivity contribution in [1.29, 1.82) is 0 Å². The van der Waals surface area contributed by atoms with Gasteiger partial charge in [-0.05, 0) is 30.2 Å². The Morgan fingerprint density at radius 1 is 1.52 bits per heavy atom. The molecule has 2 rings (SSSR count). The minimum atomic E-state index is -0.802. The van der Waals surface area contributed by atoms with Crippen molar-refractivity contribution in [1.82, 2.24) is 5.32 Å². The summed E-state index contributed by atoms with van der Waals surface area (Å²) in [5.74, 6) is -0.672. The van der Waals surface area contributed by atoms with Crippen LogP contribution in [-0.2, 0) is 19.2 Å². The number of thiophene rings is 1. The lowest BCUT2D eigenvalue weighted by Gasteiger charge is -2.18. The van der Waals surface area contributed by atoms with E-state index in [0.717, 1.165) is 12.8 Å². The predicted octanol–water partition coefficient (Wildman–Crippen LogP) is 1.31. The molecule has 8 heteroatoms. The number of aliphatic hydroxyl groups excluding tert-OH is 1. The van der Waals surface area contributed by atoms with Crippen molar-refractivity contribution in [3.63, 3.8) is 0 Å². The summed E-state index contributed by atoms with van der Waals surface area (Å²) in [6.45, 7) is 0.364. The number of nitrogens with zero attached hydrogens (tertiary/aromatic N) is 1. The largest absolute Gasteiger partial charge is 0.506 e. The van der Waals surface area contributed by atoms with Crippen molar-refractivity contribution in [2.75, 3.05) is 25.3 Å². The van der Waals surface area contributed by atoms with Gasteiger partial charge in [0.1, 0.15) is 22.6 Å². The molecule has 0 aliphatic heterocycles. The number of rotatable bonds is 9. The third kappa shape index (κ3) is 4.40. The van der Waals surface area contributed by atoms with Gasteiger partial charge >= 0.3 is 0 Å². The van der Waals surface area contributed by atoms with E-state index in [9.17, 15) is 19.5 Å². The van der Waals surface area contributed by atoms with Crippen LogP contribution in [0.4, 0.5) is 5.00 Å². The summed E-state index contributed by atoms with van der Waals surface area (Å²) in [5.41, 5.74) is -0.0984. The van der Waals surface area contributed by atoms with E-state index >= 15 is 0 Å². The summed E-state index contributed by atoms with van der Waals surface area (Å²) < 4.78 is 0. The first-order valence-electron chi connectivity index (χ1n) is 7.13. The first-order valence-corrected chi connectivity index (χ1v) is 8.01. The number of hydrogen-bond acceptors (Lipinski definition) is 7. The van der Waals surface area contributed by atoms with Gasteiger partial charge in [0.15, 0.2) is 6.29 Å². The van der Waals surface area contributed by atoms with Crippen LogP contribution < -0.4 is 10.4 Å². The fourth-order valence-corrected chi connectivity index (χ4v) is 2.70. The fraction of sp³-hybridized carbons (Fsp3) is 0.400. The summed E-state index contributed by atoms with van der Waals surface area (Å²) in [6.07, 6.45) is 3.07. The SMILES string of the molecule is CN(OCC1CC1)c1sccc1/C(O)=C(\C=O)C(=O)NCC=O. The summed E-state index contributed by atoms with van der Waals surface area (Å²) in [6, 6.07) is 1.60. The Hall–Kier alpha value is -2.19. The molecule has 0 aromatic carbocycles. The van der Waals surface area contributed by atoms with Crippen LogP contribution >= 0.6 is 11.3 Å². The molecule has 0 radical (unpaired) electrons. The fourth-order valence-electron chi connectivity index (χ4n) is 1.88. The smallest absolute Gasteiger partial charge is 0.258 e. The molecule has 124 valence electrons. The topological polar surface area (TPSA) is 95.9 Å². The molecular weight excluding hydrogens is 320 g/mol. The van der Waals surface area contributed by atoms with Gasteiger partial charge in [0.2, 0.25) is 0 Å². The zero-order valence-electron chi connectivity index (χ0n) is 12.7. The van der Waals surface area contributed by atoms with Crippen LogP contribution in [0, 0.1) is 5.92 Å². The average molecular weight is 338 g/mol. The summed E-state index contributed by atoms with van der Waals surface area (Å²) in [4.78, 5) is 38.9. The molecule has 1 aromatic rings. The van der Waals surface area contributed by atoms with Crippen molar-refractivity contribution >= 4 is 40.6 Å². The predicted molar refractivity (Wildman–Crippen MR) is 86.1 cm³/mol. The molecule has 1 amide bonds. The van der Waals surface area contributed by atoms with Crippen molar-refractivity contribution < 1.29 is 24.3 Å². The molecule has 1 heterocycles. The highest BCUT2D eigenvalue weighted by molar-refractivity contribution is 7.14. The van der Waals surface area contributed by atoms with Crippen molar-refractivity contribution in [3.05, 3.63) is 22.6 Å². The van der Waals surface area contributed by atoms with Crippen LogP contribution in [0.15, 0.2) is 17.0 Å². The van der Waals surface area contributed by atoms with Gasteiger partial charge in [-0.3, -0.25) is 14.4 Å². The Morgan fingerprint density at radius 3 is 2.87 bits per heavy atom. The van der Waals surface area contributed by atoms with E-state index in [0.29, 0.717) is 29.4 Å². The maximum atomic E-state index is 11.8. The van der Waals surface area contributed by atoms with Crippen LogP contribution in [0.25, 0.3) is 5.76 Å². The quantitative estimate of drug-likeness (QED) is 0.176. The van der Waals surface area contributed by atoms with Gasteiger partial charge < -0.3 is 15.2 Å². The van der Waals surface area contributed by atoms with E-state index in [1.54, 1.807) is 18.5 Å². The van der Waals surface area contributed by atoms with E-state index in [2.05, 4.69) is 5.32 Å². The van der Waals surface area contributed by atoms with Gasteiger partial charge in [0.25, 0.3) is 5.91 Å². The summed E-state index contributed by atoms with van der Waals surface area (Å²) in [5, 5.41) is 16.4. The Kier molecular flexibility index (Phi) is 5.89. The monoisotopic (exact) mass is 338 g/mol. The lowest BCUT2D eigenvalue weighted by molar-refractivity contribution is -0.120. The zero-order chi connectivity index (χ0) is 16.8. The molecule has 0 spiro atoms. The number of aldehydes is 2. The molecule has 23 heavy (non-hydrogen) atoms. The van der Waals surface area contributed by atoms with E-state index in [4.69, 9.17) is 4.84 Å². The molecule has 1 aromatic heterocycles. The number of carbonyl (C=O) groups excluding carboxylic acids is 3. The van der Waals surface area contributed by atoms with Gasteiger partial charge in [-0.15, -0.1) is 11.3 Å². The highest BCUT2D eigenvalue weighted by Gasteiger charge is 2.24. The van der Waals surface area contributed by atoms with Crippen LogP contribution in [0.1, 0.15) is 18.4 Å². The molecular formula is C15H18N2O5S. The Bertz CT molecular complexity index is 621. The van der Waals surface area contributed by atoms with E-state index < -0.39 is 17.2 Å². The molecule has 7 nitrogen and oxygen atoms in total. The summed E-state index contributed by atoms with van der Waals surface area (Å²) in [7, 11) is 1.71. The maximum absolute atomic E-state index is 11.8. The Morgan fingerprint density at radius 2 is 2.26 bits per heavy atom. The number of anilines is 1. The van der Waals surface area contributed by atoms with Gasteiger partial charge in [-0.1, -0.05) is 0 Å². The first kappa shape index (κ1) is 17.2. The lowest BCUT2D eigenvalue weighted by atomic mass is 10.1. The molecule has 0 unspecified atom stereocenters. The second-order valence-corrected chi connectivity index (χ2v) is 6.03. The standard InChI is InChI=1S/C15H18N2O5S/c1-17(22-9-10-2-3-10)15-11(4-7-23-15)13(20)12(8-19)14(21)16-5-6-18/h4,6-8,10,20H,2-3,5,9H2,1H3,(H,16,21)/b13-12-.